The van der Waals surface area contributed by atoms with Gasteiger partial charge < -0.3 is 9.47 Å². The van der Waals surface area contributed by atoms with E-state index < -0.39 is 31.0 Å². The average Bonchev–Trinajstić information content (AvgIpc) is 2.38. The van der Waals surface area contributed by atoms with Crippen molar-refractivity contribution in [2.24, 2.45) is 0 Å². The molecule has 0 N–H and O–H groups in total. The summed E-state index contributed by atoms with van der Waals surface area (Å²) in [4.78, 5) is 22.4. The van der Waals surface area contributed by atoms with Gasteiger partial charge in [-0.1, -0.05) is 6.58 Å². The van der Waals surface area contributed by atoms with Crippen molar-refractivity contribution in [3.05, 3.63) is 36.4 Å². The molecule has 1 rings (SSSR count). The van der Waals surface area contributed by atoms with Gasteiger partial charge in [-0.2, -0.15) is 13.2 Å². The summed E-state index contributed by atoms with van der Waals surface area (Å²) in [5, 5.41) is 0. The van der Waals surface area contributed by atoms with Crippen LogP contribution in [0.3, 0.4) is 0 Å². The molecule has 0 unspecified atom stereocenters. The summed E-state index contributed by atoms with van der Waals surface area (Å²) in [6, 6.07) is 5.33. The number of hydrogen-bond donors (Lipinski definition) is 0. The average molecular weight is 302 g/mol. The van der Waals surface area contributed by atoms with Crippen molar-refractivity contribution in [3.63, 3.8) is 0 Å². The molecule has 4 nitrogen and oxygen atoms in total. The maximum absolute atomic E-state index is 11.9. The first-order valence-electron chi connectivity index (χ1n) is 5.92. The maximum atomic E-state index is 11.9. The monoisotopic (exact) mass is 302 g/mol. The van der Waals surface area contributed by atoms with Crippen molar-refractivity contribution in [1.82, 2.24) is 0 Å². The summed E-state index contributed by atoms with van der Waals surface area (Å²) in [5.41, 5.74) is 0.220. The molecule has 0 radical (unpaired) electrons. The highest BCUT2D eigenvalue weighted by Crippen LogP contribution is 2.23. The van der Waals surface area contributed by atoms with E-state index in [0.717, 1.165) is 0 Å². The molecule has 0 saturated heterocycles. The van der Waals surface area contributed by atoms with Crippen molar-refractivity contribution < 1.29 is 32.2 Å². The minimum Gasteiger partial charge on any atom is -0.427 e. The highest BCUT2D eigenvalue weighted by Gasteiger charge is 2.28. The van der Waals surface area contributed by atoms with Gasteiger partial charge in [-0.3, -0.25) is 4.79 Å². The van der Waals surface area contributed by atoms with Gasteiger partial charge in [0, 0.05) is 5.57 Å². The van der Waals surface area contributed by atoms with E-state index >= 15 is 0 Å². The number of alkyl halides is 3. The Morgan fingerprint density at radius 1 is 1.10 bits per heavy atom. The molecule has 21 heavy (non-hydrogen) atoms. The molecule has 0 atom stereocenters. The van der Waals surface area contributed by atoms with E-state index in [2.05, 4.69) is 6.58 Å². The van der Waals surface area contributed by atoms with Gasteiger partial charge in [0.15, 0.2) is 0 Å². The third-order valence-corrected chi connectivity index (χ3v) is 2.23. The first kappa shape index (κ1) is 16.7. The van der Waals surface area contributed by atoms with Crippen molar-refractivity contribution in [1.29, 1.82) is 0 Å². The van der Waals surface area contributed by atoms with Gasteiger partial charge in [0.25, 0.3) is 0 Å². The molecule has 0 bridgehead atoms. The normalized spacial score (nSPS) is 10.9. The Balaban J connectivity index is 2.53. The Kier molecular flexibility index (Phi) is 5.52. The van der Waals surface area contributed by atoms with Crippen LogP contribution in [0.2, 0.25) is 0 Å². The van der Waals surface area contributed by atoms with E-state index in [1.807, 2.05) is 0 Å². The Morgan fingerprint density at radius 2 is 1.57 bits per heavy atom. The highest BCUT2D eigenvalue weighted by molar-refractivity contribution is 5.88. The quantitative estimate of drug-likeness (QED) is 0.475. The lowest BCUT2D eigenvalue weighted by Gasteiger charge is -2.07. The number of ether oxygens (including phenoxy) is 2. The van der Waals surface area contributed by atoms with Gasteiger partial charge in [-0.05, 0) is 31.2 Å². The molecule has 7 heteroatoms. The van der Waals surface area contributed by atoms with Crippen LogP contribution in [0, 0.1) is 0 Å². The smallest absolute Gasteiger partial charge is 0.389 e. The molecular weight excluding hydrogens is 289 g/mol. The third-order valence-electron chi connectivity index (χ3n) is 2.23. The molecule has 0 fully saturated rings. The van der Waals surface area contributed by atoms with Gasteiger partial charge >= 0.3 is 18.1 Å². The Morgan fingerprint density at radius 3 is 2.00 bits per heavy atom. The van der Waals surface area contributed by atoms with Crippen LogP contribution in [0.1, 0.15) is 19.8 Å². The number of halogens is 3. The molecule has 0 aliphatic heterocycles. The van der Waals surface area contributed by atoms with Crippen LogP contribution in [0.4, 0.5) is 13.2 Å². The van der Waals surface area contributed by atoms with Gasteiger partial charge in [-0.15, -0.1) is 0 Å². The Bertz CT molecular complexity index is 532. The summed E-state index contributed by atoms with van der Waals surface area (Å²) < 4.78 is 45.4. The fraction of sp³-hybridized carbons (Fsp3) is 0.286. The largest absolute Gasteiger partial charge is 0.427 e. The van der Waals surface area contributed by atoms with Crippen molar-refractivity contribution in [2.45, 2.75) is 25.9 Å². The molecule has 1 aromatic rings. The molecule has 0 spiro atoms. The predicted molar refractivity (Wildman–Crippen MR) is 67.8 cm³/mol. The molecule has 0 saturated carbocycles. The fourth-order valence-electron chi connectivity index (χ4n) is 1.20. The Hall–Kier alpha value is -2.31. The van der Waals surface area contributed by atoms with Gasteiger partial charge in [-0.25, -0.2) is 4.79 Å². The lowest BCUT2D eigenvalue weighted by molar-refractivity contribution is -0.151. The molecule has 0 aliphatic carbocycles. The van der Waals surface area contributed by atoms with E-state index in [-0.39, 0.29) is 17.1 Å². The minimum atomic E-state index is -4.40. The highest BCUT2D eigenvalue weighted by atomic mass is 19.4. The zero-order valence-electron chi connectivity index (χ0n) is 11.2. The number of esters is 2. The lowest BCUT2D eigenvalue weighted by Crippen LogP contribution is -2.14. The van der Waals surface area contributed by atoms with E-state index in [1.165, 1.54) is 31.2 Å². The summed E-state index contributed by atoms with van der Waals surface area (Å²) >= 11 is 0. The molecule has 114 valence electrons. The van der Waals surface area contributed by atoms with E-state index in [1.54, 1.807) is 0 Å². The maximum Gasteiger partial charge on any atom is 0.389 e. The van der Waals surface area contributed by atoms with Crippen LogP contribution < -0.4 is 9.47 Å². The second-order valence-corrected chi connectivity index (χ2v) is 4.23. The van der Waals surface area contributed by atoms with Crippen molar-refractivity contribution in [3.8, 4) is 11.5 Å². The SMILES string of the molecule is C=C(C)C(=O)Oc1ccc(OC(=O)CCC(F)(F)F)cc1. The molecule has 0 aliphatic rings. The van der Waals surface area contributed by atoms with Crippen molar-refractivity contribution >= 4 is 11.9 Å². The van der Waals surface area contributed by atoms with Crippen LogP contribution >= 0.6 is 0 Å². The molecular formula is C14H13F3O4. The number of carbonyl (C=O) groups is 2. The molecule has 0 aromatic heterocycles. The first-order valence-corrected chi connectivity index (χ1v) is 5.92. The topological polar surface area (TPSA) is 52.6 Å². The van der Waals surface area contributed by atoms with E-state index in [0.29, 0.717) is 0 Å². The van der Waals surface area contributed by atoms with Gasteiger partial charge in [0.2, 0.25) is 0 Å². The number of benzene rings is 1. The van der Waals surface area contributed by atoms with Crippen LogP contribution in [0.5, 0.6) is 11.5 Å². The standard InChI is InChI=1S/C14H13F3O4/c1-9(2)13(19)21-11-5-3-10(4-6-11)20-12(18)7-8-14(15,16)17/h3-6H,1,7-8H2,2H3. The van der Waals surface area contributed by atoms with Gasteiger partial charge in [0.05, 0.1) is 12.8 Å². The number of rotatable bonds is 5. The third kappa shape index (κ3) is 6.60. The van der Waals surface area contributed by atoms with Crippen LogP contribution in [0.25, 0.3) is 0 Å². The van der Waals surface area contributed by atoms with Crippen molar-refractivity contribution in [2.75, 3.05) is 0 Å². The molecule has 0 amide bonds. The molecule has 1 aromatic carbocycles. The number of hydrogen-bond acceptors (Lipinski definition) is 4. The van der Waals surface area contributed by atoms with E-state index in [9.17, 15) is 22.8 Å². The Labute approximate surface area is 119 Å². The lowest BCUT2D eigenvalue weighted by atomic mass is 10.3. The van der Waals surface area contributed by atoms with Gasteiger partial charge in [0.1, 0.15) is 11.5 Å². The first-order chi connectivity index (χ1) is 9.67. The van der Waals surface area contributed by atoms with Crippen LogP contribution in [0.15, 0.2) is 36.4 Å². The van der Waals surface area contributed by atoms with Crippen LogP contribution in [-0.4, -0.2) is 18.1 Å². The minimum absolute atomic E-state index is 0.0669. The van der Waals surface area contributed by atoms with Crippen LogP contribution in [-0.2, 0) is 9.59 Å². The summed E-state index contributed by atoms with van der Waals surface area (Å²) in [6.07, 6.45) is -6.39. The fourth-order valence-corrected chi connectivity index (χ4v) is 1.20. The zero-order valence-corrected chi connectivity index (χ0v) is 11.2. The summed E-state index contributed by atoms with van der Waals surface area (Å²) in [7, 11) is 0. The van der Waals surface area contributed by atoms with E-state index in [4.69, 9.17) is 9.47 Å². The second kappa shape index (κ2) is 6.92. The molecule has 0 heterocycles. The summed E-state index contributed by atoms with van der Waals surface area (Å²) in [6.45, 7) is 4.90. The predicted octanol–water partition coefficient (Wildman–Crippen LogP) is 3.42. The number of carbonyl (C=O) groups excluding carboxylic acids is 2. The zero-order chi connectivity index (χ0) is 16.0. The second-order valence-electron chi connectivity index (χ2n) is 4.23. The summed E-state index contributed by atoms with van der Waals surface area (Å²) in [5.74, 6) is -1.32.